The summed E-state index contributed by atoms with van der Waals surface area (Å²) < 4.78 is 30.2. The van der Waals surface area contributed by atoms with Crippen molar-refractivity contribution in [1.82, 2.24) is 15.2 Å². The van der Waals surface area contributed by atoms with Gasteiger partial charge in [0.05, 0.1) is 18.9 Å². The Labute approximate surface area is 199 Å². The molecule has 0 aromatic carbocycles. The van der Waals surface area contributed by atoms with Gasteiger partial charge in [0.1, 0.15) is 18.2 Å². The monoisotopic (exact) mass is 502 g/mol. The molecule has 1 aromatic rings. The highest BCUT2D eigenvalue weighted by molar-refractivity contribution is 7.64. The third-order valence-corrected chi connectivity index (χ3v) is 8.09. The molecule has 33 heavy (non-hydrogen) atoms. The molecule has 0 amide bonds. The number of esters is 2. The fraction of sp³-hybridized carbons (Fsp3) is 0.667. The second kappa shape index (κ2) is 12.0. The first kappa shape index (κ1) is 27.3. The highest BCUT2D eigenvalue weighted by Gasteiger charge is 2.40. The van der Waals surface area contributed by atoms with E-state index in [2.05, 4.69) is 29.0 Å². The van der Waals surface area contributed by atoms with Crippen LogP contribution in [-0.4, -0.2) is 42.2 Å². The number of rotatable bonds is 12. The molecule has 2 rings (SSSR count). The average Bonchev–Trinajstić information content (AvgIpc) is 3.34. The molecule has 0 fully saturated rings. The Kier molecular flexibility index (Phi) is 9.90. The minimum absolute atomic E-state index is 0.127. The lowest BCUT2D eigenvalue weighted by molar-refractivity contribution is -0.145. The van der Waals surface area contributed by atoms with Crippen molar-refractivity contribution in [2.45, 2.75) is 72.6 Å². The van der Waals surface area contributed by atoms with Crippen molar-refractivity contribution in [1.29, 1.82) is 0 Å². The van der Waals surface area contributed by atoms with E-state index in [0.29, 0.717) is 17.5 Å². The number of hydrogen-bond acceptors (Lipinski definition) is 9. The first-order chi connectivity index (χ1) is 15.5. The molecule has 2 heterocycles. The molecule has 0 spiro atoms. The minimum atomic E-state index is -3.75. The summed E-state index contributed by atoms with van der Waals surface area (Å²) in [6, 6.07) is -1.82. The molecular weight excluding hydrogens is 467 g/mol. The van der Waals surface area contributed by atoms with Crippen LogP contribution in [0.25, 0.3) is 0 Å². The maximum Gasteiger partial charge on any atom is 0.323 e. The summed E-state index contributed by atoms with van der Waals surface area (Å²) in [7, 11) is -3.75. The zero-order chi connectivity index (χ0) is 24.8. The molecule has 0 aliphatic carbocycles. The van der Waals surface area contributed by atoms with Gasteiger partial charge in [-0.05, 0) is 46.1 Å². The smallest absolute Gasteiger partial charge is 0.323 e. The molecule has 1 unspecified atom stereocenters. The zero-order valence-electron chi connectivity index (χ0n) is 20.0. The number of aromatic nitrogens is 1. The molecule has 1 aliphatic rings. The van der Waals surface area contributed by atoms with Crippen molar-refractivity contribution in [3.63, 3.8) is 0 Å². The molecule has 1 aliphatic heterocycles. The van der Waals surface area contributed by atoms with Crippen LogP contribution in [-0.2, 0) is 34.8 Å². The van der Waals surface area contributed by atoms with Gasteiger partial charge in [0, 0.05) is 11.3 Å². The highest BCUT2D eigenvalue weighted by atomic mass is 32.1. The number of carbonyl (C=O) groups excluding carboxylic acids is 2. The molecule has 12 heteroatoms. The third kappa shape index (κ3) is 7.27. The summed E-state index contributed by atoms with van der Waals surface area (Å²) in [5.41, 5.74) is 6.80. The summed E-state index contributed by atoms with van der Waals surface area (Å²) >= 11 is 1.42. The van der Waals surface area contributed by atoms with Gasteiger partial charge in [-0.1, -0.05) is 13.8 Å². The largest absolute Gasteiger partial charge is 0.478 e. The van der Waals surface area contributed by atoms with Crippen LogP contribution in [0, 0.1) is 5.92 Å². The molecule has 0 bridgehead atoms. The van der Waals surface area contributed by atoms with E-state index < -0.39 is 37.6 Å². The summed E-state index contributed by atoms with van der Waals surface area (Å²) in [5.74, 6) is -0.724. The van der Waals surface area contributed by atoms with E-state index in [9.17, 15) is 14.2 Å². The van der Waals surface area contributed by atoms with E-state index in [4.69, 9.17) is 19.9 Å². The Balaban J connectivity index is 2.27. The fourth-order valence-electron chi connectivity index (χ4n) is 3.32. The number of thiazole rings is 1. The molecule has 186 valence electrons. The Morgan fingerprint density at radius 2 is 1.73 bits per heavy atom. The lowest BCUT2D eigenvalue weighted by Crippen LogP contribution is -2.42. The van der Waals surface area contributed by atoms with Gasteiger partial charge < -0.3 is 19.9 Å². The van der Waals surface area contributed by atoms with Crippen LogP contribution in [0.5, 0.6) is 0 Å². The van der Waals surface area contributed by atoms with Crippen molar-refractivity contribution in [3.05, 3.63) is 22.1 Å². The van der Waals surface area contributed by atoms with Crippen molar-refractivity contribution >= 4 is 35.9 Å². The molecule has 0 saturated carbocycles. The van der Waals surface area contributed by atoms with E-state index in [-0.39, 0.29) is 18.7 Å². The van der Waals surface area contributed by atoms with Gasteiger partial charge in [-0.25, -0.2) is 15.2 Å². The lowest BCUT2D eigenvalue weighted by atomic mass is 10.1. The third-order valence-electron chi connectivity index (χ3n) is 4.75. The molecule has 10 nitrogen and oxygen atoms in total. The van der Waals surface area contributed by atoms with Gasteiger partial charge in [0.2, 0.25) is 0 Å². The van der Waals surface area contributed by atoms with Crippen LogP contribution in [0.15, 0.2) is 11.6 Å². The number of nitrogens with one attached hydrogen (secondary N) is 2. The summed E-state index contributed by atoms with van der Waals surface area (Å²) in [6.07, 6.45) is 2.46. The number of nitrogens with zero attached hydrogens (tertiary/aromatic N) is 1. The lowest BCUT2D eigenvalue weighted by Gasteiger charge is -2.27. The summed E-state index contributed by atoms with van der Waals surface area (Å²) in [4.78, 5) is 29.8. The van der Waals surface area contributed by atoms with Gasteiger partial charge in [-0.15, -0.1) is 11.3 Å². The molecule has 3 atom stereocenters. The second-order valence-corrected chi connectivity index (χ2v) is 11.4. The number of hydrogen-bond donors (Lipinski definition) is 3. The average molecular weight is 503 g/mol. The van der Waals surface area contributed by atoms with Crippen LogP contribution in [0.2, 0.25) is 0 Å². The van der Waals surface area contributed by atoms with Crippen molar-refractivity contribution in [2.24, 2.45) is 5.92 Å². The van der Waals surface area contributed by atoms with E-state index >= 15 is 0 Å². The van der Waals surface area contributed by atoms with Gasteiger partial charge in [-0.2, -0.15) is 0 Å². The van der Waals surface area contributed by atoms with Crippen LogP contribution in [0.3, 0.4) is 0 Å². The van der Waals surface area contributed by atoms with E-state index in [0.717, 1.165) is 17.0 Å². The maximum absolute atomic E-state index is 14.0. The molecule has 4 N–H and O–H groups in total. The van der Waals surface area contributed by atoms with Crippen LogP contribution >= 0.6 is 18.8 Å². The van der Waals surface area contributed by atoms with Gasteiger partial charge in [0.25, 0.3) is 7.44 Å². The topological polar surface area (TPSA) is 142 Å². The fourth-order valence-corrected chi connectivity index (χ4v) is 6.68. The Morgan fingerprint density at radius 3 is 2.21 bits per heavy atom. The Bertz CT molecular complexity index is 889. The molecule has 0 radical (unpaired) electrons. The standard InChI is InChI=1S/C21H35N4O6PS/c1-7-29-19(26)13(5)24-32(28,25-14(6)20(27)30-8-2)17-10-9-15(31-17)18-16(11-12(3)4)33-21(22)23-18/h10,12-15H,7-9,11H2,1-6H3,(H2,22,23)(H2,24,25,28)/t13-,14-,15?/m0/s1. The molecule has 0 saturated heterocycles. The number of nitrogen functional groups attached to an aromatic ring is 1. The quantitative estimate of drug-likeness (QED) is 0.287. The second-order valence-electron chi connectivity index (χ2n) is 8.16. The minimum Gasteiger partial charge on any atom is -0.478 e. The first-order valence-corrected chi connectivity index (χ1v) is 13.6. The van der Waals surface area contributed by atoms with Gasteiger partial charge in [0.15, 0.2) is 10.6 Å². The number of nitrogens with two attached hydrogens (primary N) is 1. The number of carbonyl (C=O) groups is 2. The van der Waals surface area contributed by atoms with Crippen LogP contribution in [0.4, 0.5) is 5.13 Å². The molecule has 1 aromatic heterocycles. The van der Waals surface area contributed by atoms with Crippen molar-refractivity contribution < 1.29 is 28.4 Å². The number of ether oxygens (including phenoxy) is 3. The Morgan fingerprint density at radius 1 is 1.18 bits per heavy atom. The Hall–Kier alpha value is -1.94. The van der Waals surface area contributed by atoms with Crippen molar-refractivity contribution in [3.8, 4) is 0 Å². The zero-order valence-corrected chi connectivity index (χ0v) is 21.8. The maximum atomic E-state index is 14.0. The normalized spacial score (nSPS) is 17.9. The highest BCUT2D eigenvalue weighted by Crippen LogP contribution is 2.53. The first-order valence-electron chi connectivity index (χ1n) is 11.1. The van der Waals surface area contributed by atoms with E-state index in [1.165, 1.54) is 25.2 Å². The SMILES string of the molecule is CCOC(=O)[C@H](C)NP(=O)(N[C@@H](C)C(=O)OCC)C1=CCC(c2nc(N)sc2CC(C)C)O1. The van der Waals surface area contributed by atoms with Crippen LogP contribution in [0.1, 0.15) is 64.6 Å². The molecular formula is C21H35N4O6PS. The predicted octanol–water partition coefficient (Wildman–Crippen LogP) is 3.50. The predicted molar refractivity (Wildman–Crippen MR) is 128 cm³/mol. The van der Waals surface area contributed by atoms with E-state index in [1.54, 1.807) is 19.9 Å². The van der Waals surface area contributed by atoms with Gasteiger partial charge >= 0.3 is 11.9 Å². The van der Waals surface area contributed by atoms with Gasteiger partial charge in [-0.3, -0.25) is 14.2 Å². The van der Waals surface area contributed by atoms with Crippen LogP contribution < -0.4 is 15.9 Å². The summed E-state index contributed by atoms with van der Waals surface area (Å²) in [5, 5.41) is 6.04. The number of anilines is 1. The summed E-state index contributed by atoms with van der Waals surface area (Å²) in [6.45, 7) is 11.0. The van der Waals surface area contributed by atoms with E-state index in [1.807, 2.05) is 0 Å². The van der Waals surface area contributed by atoms with Crippen molar-refractivity contribution in [2.75, 3.05) is 18.9 Å².